The SMILES string of the molecule is O=C1C2C=CC1C1C3C(=O)C(CC3C3CCCC3)C21. The first-order chi connectivity index (χ1) is 9.27. The summed E-state index contributed by atoms with van der Waals surface area (Å²) in [4.78, 5) is 24.9. The van der Waals surface area contributed by atoms with Crippen LogP contribution in [0.5, 0.6) is 0 Å². The van der Waals surface area contributed by atoms with E-state index in [1.54, 1.807) is 0 Å². The Bertz CT molecular complexity index is 499. The second-order valence-corrected chi connectivity index (χ2v) is 7.47. The Hall–Kier alpha value is -0.920. The first-order valence-corrected chi connectivity index (χ1v) is 8.03. The maximum Gasteiger partial charge on any atom is 0.147 e. The molecule has 5 rings (SSSR count). The van der Waals surface area contributed by atoms with Gasteiger partial charge >= 0.3 is 0 Å². The lowest BCUT2D eigenvalue weighted by Crippen LogP contribution is -2.34. The van der Waals surface area contributed by atoms with Gasteiger partial charge in [0.25, 0.3) is 0 Å². The predicted octanol–water partition coefficient (Wildman–Crippen LogP) is 2.63. The summed E-state index contributed by atoms with van der Waals surface area (Å²) in [5, 5.41) is 0. The number of carbonyl (C=O) groups is 2. The highest BCUT2D eigenvalue weighted by molar-refractivity contribution is 5.98. The van der Waals surface area contributed by atoms with Crippen molar-refractivity contribution in [2.24, 2.45) is 47.3 Å². The molecule has 0 spiro atoms. The van der Waals surface area contributed by atoms with E-state index in [4.69, 9.17) is 0 Å². The van der Waals surface area contributed by atoms with E-state index in [0.717, 1.165) is 12.3 Å². The van der Waals surface area contributed by atoms with Crippen molar-refractivity contribution < 1.29 is 9.59 Å². The fourth-order valence-corrected chi connectivity index (χ4v) is 6.45. The molecule has 2 nitrogen and oxygen atoms in total. The van der Waals surface area contributed by atoms with E-state index in [1.807, 2.05) is 0 Å². The van der Waals surface area contributed by atoms with Crippen molar-refractivity contribution >= 4 is 11.6 Å². The van der Waals surface area contributed by atoms with E-state index in [-0.39, 0.29) is 23.7 Å². The lowest BCUT2D eigenvalue weighted by atomic mass is 9.66. The molecule has 0 N–H and O–H groups in total. The molecule has 2 heteroatoms. The minimum absolute atomic E-state index is 0.109. The zero-order valence-electron chi connectivity index (χ0n) is 11.1. The molecule has 4 bridgehead atoms. The van der Waals surface area contributed by atoms with Crippen molar-refractivity contribution in [3.8, 4) is 0 Å². The Kier molecular flexibility index (Phi) is 1.93. The van der Waals surface area contributed by atoms with Crippen LogP contribution in [0.2, 0.25) is 0 Å². The number of Topliss-reactive ketones (excluding diaryl/α,β-unsaturated/α-hetero) is 2. The van der Waals surface area contributed by atoms with Gasteiger partial charge in [-0.05, 0) is 30.1 Å². The van der Waals surface area contributed by atoms with E-state index in [1.165, 1.54) is 25.7 Å². The molecule has 5 aliphatic rings. The van der Waals surface area contributed by atoms with Gasteiger partial charge in [-0.3, -0.25) is 9.59 Å². The minimum atomic E-state index is 0.109. The van der Waals surface area contributed by atoms with Gasteiger partial charge in [0, 0.05) is 23.7 Å². The highest BCUT2D eigenvalue weighted by Crippen LogP contribution is 2.66. The molecular formula is C17H20O2. The predicted molar refractivity (Wildman–Crippen MR) is 70.2 cm³/mol. The minimum Gasteiger partial charge on any atom is -0.299 e. The smallest absolute Gasteiger partial charge is 0.147 e. The Morgan fingerprint density at radius 3 is 2.32 bits per heavy atom. The van der Waals surface area contributed by atoms with Gasteiger partial charge in [0.2, 0.25) is 0 Å². The van der Waals surface area contributed by atoms with Gasteiger partial charge in [-0.1, -0.05) is 37.8 Å². The summed E-state index contributed by atoms with van der Waals surface area (Å²) in [6, 6.07) is 0. The Morgan fingerprint density at radius 2 is 1.58 bits per heavy atom. The van der Waals surface area contributed by atoms with Crippen molar-refractivity contribution in [2.45, 2.75) is 32.1 Å². The topological polar surface area (TPSA) is 34.1 Å². The van der Waals surface area contributed by atoms with Crippen LogP contribution in [-0.4, -0.2) is 11.6 Å². The molecule has 4 fully saturated rings. The average molecular weight is 256 g/mol. The van der Waals surface area contributed by atoms with Crippen molar-refractivity contribution in [1.82, 2.24) is 0 Å². The Morgan fingerprint density at radius 1 is 0.895 bits per heavy atom. The van der Waals surface area contributed by atoms with E-state index >= 15 is 0 Å². The van der Waals surface area contributed by atoms with Crippen LogP contribution in [0, 0.1) is 47.3 Å². The molecule has 100 valence electrons. The van der Waals surface area contributed by atoms with Crippen molar-refractivity contribution in [3.05, 3.63) is 12.2 Å². The van der Waals surface area contributed by atoms with E-state index < -0.39 is 0 Å². The summed E-state index contributed by atoms with van der Waals surface area (Å²) in [6.07, 6.45) is 10.7. The summed E-state index contributed by atoms with van der Waals surface area (Å²) in [5.74, 6) is 3.91. The van der Waals surface area contributed by atoms with Crippen LogP contribution in [0.1, 0.15) is 32.1 Å². The Balaban J connectivity index is 1.53. The highest BCUT2D eigenvalue weighted by atomic mass is 16.1. The summed E-state index contributed by atoms with van der Waals surface area (Å²) in [7, 11) is 0. The first-order valence-electron chi connectivity index (χ1n) is 8.03. The van der Waals surface area contributed by atoms with Crippen LogP contribution >= 0.6 is 0 Å². The third-order valence-electron chi connectivity index (χ3n) is 7.02. The molecular weight excluding hydrogens is 236 g/mol. The molecule has 4 saturated carbocycles. The maximum atomic E-state index is 12.6. The maximum absolute atomic E-state index is 12.6. The fourth-order valence-electron chi connectivity index (χ4n) is 6.45. The zero-order chi connectivity index (χ0) is 12.7. The second-order valence-electron chi connectivity index (χ2n) is 7.47. The first kappa shape index (κ1) is 10.8. The van der Waals surface area contributed by atoms with Crippen LogP contribution in [0.4, 0.5) is 0 Å². The third-order valence-corrected chi connectivity index (χ3v) is 7.02. The van der Waals surface area contributed by atoms with Crippen LogP contribution in [0.15, 0.2) is 12.2 Å². The number of rotatable bonds is 1. The summed E-state index contributed by atoms with van der Waals surface area (Å²) in [6.45, 7) is 0. The number of allylic oxidation sites excluding steroid dienone is 2. The molecule has 0 aliphatic heterocycles. The van der Waals surface area contributed by atoms with Crippen LogP contribution in [0.25, 0.3) is 0 Å². The van der Waals surface area contributed by atoms with E-state index in [0.29, 0.717) is 29.3 Å². The van der Waals surface area contributed by atoms with Crippen molar-refractivity contribution in [2.75, 3.05) is 0 Å². The van der Waals surface area contributed by atoms with Gasteiger partial charge < -0.3 is 0 Å². The summed E-state index contributed by atoms with van der Waals surface area (Å²) < 4.78 is 0. The molecule has 0 aromatic heterocycles. The molecule has 0 heterocycles. The van der Waals surface area contributed by atoms with Gasteiger partial charge in [-0.25, -0.2) is 0 Å². The van der Waals surface area contributed by atoms with E-state index in [9.17, 15) is 9.59 Å². The molecule has 7 unspecified atom stereocenters. The zero-order valence-corrected chi connectivity index (χ0v) is 11.1. The van der Waals surface area contributed by atoms with Crippen LogP contribution < -0.4 is 0 Å². The number of hydrogen-bond donors (Lipinski definition) is 0. The molecule has 0 aromatic rings. The van der Waals surface area contributed by atoms with Gasteiger partial charge in [0.15, 0.2) is 0 Å². The summed E-state index contributed by atoms with van der Waals surface area (Å²) >= 11 is 0. The second kappa shape index (κ2) is 3.39. The van der Waals surface area contributed by atoms with Gasteiger partial charge in [0.05, 0.1) is 0 Å². The molecule has 0 aromatic carbocycles. The molecule has 0 amide bonds. The molecule has 0 saturated heterocycles. The molecule has 5 aliphatic carbocycles. The lowest BCUT2D eigenvalue weighted by molar-refractivity contribution is -0.125. The lowest BCUT2D eigenvalue weighted by Gasteiger charge is -2.36. The van der Waals surface area contributed by atoms with Gasteiger partial charge in [-0.2, -0.15) is 0 Å². The van der Waals surface area contributed by atoms with Crippen LogP contribution in [0.3, 0.4) is 0 Å². The third kappa shape index (κ3) is 1.11. The average Bonchev–Trinajstić information content (AvgIpc) is 3.17. The normalized spacial score (nSPS) is 54.6. The van der Waals surface area contributed by atoms with Crippen LogP contribution in [-0.2, 0) is 9.59 Å². The number of fused-ring (bicyclic) bond motifs is 9. The standard InChI is InChI=1S/C17H20O2/c18-16-9-5-6-10(16)14-13(9)12-7-11(15(14)17(12)19)8-3-1-2-4-8/h5-6,8-15H,1-4,7H2. The molecule has 7 atom stereocenters. The van der Waals surface area contributed by atoms with Crippen molar-refractivity contribution in [3.63, 3.8) is 0 Å². The van der Waals surface area contributed by atoms with Gasteiger partial charge in [0.1, 0.15) is 11.6 Å². The summed E-state index contributed by atoms with van der Waals surface area (Å²) in [5.41, 5.74) is 0. The number of ketones is 2. The molecule has 0 radical (unpaired) electrons. The largest absolute Gasteiger partial charge is 0.299 e. The highest BCUT2D eigenvalue weighted by Gasteiger charge is 2.68. The fraction of sp³-hybridized carbons (Fsp3) is 0.765. The Labute approximate surface area is 113 Å². The van der Waals surface area contributed by atoms with Gasteiger partial charge in [-0.15, -0.1) is 0 Å². The number of hydrogen-bond acceptors (Lipinski definition) is 2. The van der Waals surface area contributed by atoms with E-state index in [2.05, 4.69) is 12.2 Å². The van der Waals surface area contributed by atoms with Crippen molar-refractivity contribution in [1.29, 1.82) is 0 Å². The monoisotopic (exact) mass is 256 g/mol. The molecule has 19 heavy (non-hydrogen) atoms. The quantitative estimate of drug-likeness (QED) is 0.534. The number of carbonyl (C=O) groups excluding carboxylic acids is 2.